The topological polar surface area (TPSA) is 50.4 Å². The molecule has 0 atom stereocenters. The second-order valence-electron chi connectivity index (χ2n) is 6.07. The van der Waals surface area contributed by atoms with Gasteiger partial charge in [-0.05, 0) is 55.5 Å². The fourth-order valence-corrected chi connectivity index (χ4v) is 4.34. The minimum atomic E-state index is -0.00755. The molecule has 4 nitrogen and oxygen atoms in total. The highest BCUT2D eigenvalue weighted by molar-refractivity contribution is 7.14. The number of aryl methyl sites for hydroxylation is 2. The first-order valence-corrected chi connectivity index (χ1v) is 9.00. The number of fused-ring (bicyclic) bond motifs is 2. The third kappa shape index (κ3) is 3.12. The minimum absolute atomic E-state index is 0.00755. The van der Waals surface area contributed by atoms with Crippen LogP contribution in [0.5, 0.6) is 5.75 Å². The molecule has 0 bridgehead atoms. The summed E-state index contributed by atoms with van der Waals surface area (Å²) in [4.78, 5) is 14.7. The molecule has 5 heteroatoms. The molecule has 4 rings (SSSR count). The van der Waals surface area contributed by atoms with E-state index in [1.165, 1.54) is 23.3 Å². The van der Waals surface area contributed by atoms with E-state index < -0.39 is 0 Å². The van der Waals surface area contributed by atoms with Gasteiger partial charge in [-0.15, -0.1) is 11.3 Å². The molecule has 23 heavy (non-hydrogen) atoms. The molecule has 1 amide bonds. The normalized spacial score (nSPS) is 16.7. The first kappa shape index (κ1) is 14.7. The molecule has 0 spiro atoms. The van der Waals surface area contributed by atoms with E-state index in [4.69, 9.17) is 4.74 Å². The highest BCUT2D eigenvalue weighted by atomic mass is 32.1. The molecule has 2 N–H and O–H groups in total. The summed E-state index contributed by atoms with van der Waals surface area (Å²) in [6.07, 6.45) is 4.71. The number of benzene rings is 1. The molecular weight excluding hydrogens is 308 g/mol. The first-order valence-electron chi connectivity index (χ1n) is 8.19. The van der Waals surface area contributed by atoms with Gasteiger partial charge in [0, 0.05) is 29.2 Å². The van der Waals surface area contributed by atoms with Crippen LogP contribution >= 0.6 is 11.3 Å². The molecule has 2 heterocycles. The number of anilines is 1. The SMILES string of the molecule is O=C(Nc1ccc2c(c1)CNCCO2)c1cc2c(s1)CCCC2. The van der Waals surface area contributed by atoms with Crippen molar-refractivity contribution in [2.45, 2.75) is 32.2 Å². The summed E-state index contributed by atoms with van der Waals surface area (Å²) in [5.41, 5.74) is 3.28. The Morgan fingerprint density at radius 2 is 2.09 bits per heavy atom. The van der Waals surface area contributed by atoms with E-state index in [9.17, 15) is 4.79 Å². The minimum Gasteiger partial charge on any atom is -0.492 e. The molecule has 0 fully saturated rings. The maximum Gasteiger partial charge on any atom is 0.265 e. The maximum absolute atomic E-state index is 12.5. The van der Waals surface area contributed by atoms with Crippen LogP contribution in [0.25, 0.3) is 0 Å². The van der Waals surface area contributed by atoms with Gasteiger partial charge < -0.3 is 15.4 Å². The molecule has 1 aliphatic carbocycles. The average molecular weight is 328 g/mol. The second-order valence-corrected chi connectivity index (χ2v) is 7.20. The van der Waals surface area contributed by atoms with Crippen LogP contribution in [0.15, 0.2) is 24.3 Å². The van der Waals surface area contributed by atoms with Crippen molar-refractivity contribution >= 4 is 22.9 Å². The molecule has 2 aromatic rings. The van der Waals surface area contributed by atoms with Crippen LogP contribution in [0, 0.1) is 0 Å². The summed E-state index contributed by atoms with van der Waals surface area (Å²) in [6.45, 7) is 2.29. The van der Waals surface area contributed by atoms with Crippen molar-refractivity contribution in [3.8, 4) is 5.75 Å². The van der Waals surface area contributed by atoms with Gasteiger partial charge >= 0.3 is 0 Å². The van der Waals surface area contributed by atoms with Crippen molar-refractivity contribution in [1.82, 2.24) is 5.32 Å². The number of rotatable bonds is 2. The summed E-state index contributed by atoms with van der Waals surface area (Å²) in [5, 5.41) is 6.34. The molecule has 1 aromatic carbocycles. The monoisotopic (exact) mass is 328 g/mol. The third-order valence-electron chi connectivity index (χ3n) is 4.39. The number of hydrogen-bond donors (Lipinski definition) is 2. The van der Waals surface area contributed by atoms with Gasteiger partial charge in [0.15, 0.2) is 0 Å². The van der Waals surface area contributed by atoms with Gasteiger partial charge in [-0.2, -0.15) is 0 Å². The van der Waals surface area contributed by atoms with Crippen LogP contribution in [0.4, 0.5) is 5.69 Å². The van der Waals surface area contributed by atoms with Crippen molar-refractivity contribution in [1.29, 1.82) is 0 Å². The summed E-state index contributed by atoms with van der Waals surface area (Å²) in [5.74, 6) is 0.895. The highest BCUT2D eigenvalue weighted by Crippen LogP contribution is 2.30. The number of hydrogen-bond acceptors (Lipinski definition) is 4. The Morgan fingerprint density at radius 1 is 1.17 bits per heavy atom. The van der Waals surface area contributed by atoms with Crippen LogP contribution in [0.3, 0.4) is 0 Å². The third-order valence-corrected chi connectivity index (χ3v) is 5.63. The Balaban J connectivity index is 1.52. The second kappa shape index (κ2) is 6.34. The smallest absolute Gasteiger partial charge is 0.265 e. The fraction of sp³-hybridized carbons (Fsp3) is 0.389. The highest BCUT2D eigenvalue weighted by Gasteiger charge is 2.18. The molecule has 2 aliphatic rings. The number of nitrogens with one attached hydrogen (secondary N) is 2. The van der Waals surface area contributed by atoms with Crippen molar-refractivity contribution < 1.29 is 9.53 Å². The fourth-order valence-electron chi connectivity index (χ4n) is 3.19. The number of thiophene rings is 1. The summed E-state index contributed by atoms with van der Waals surface area (Å²) in [6, 6.07) is 7.93. The predicted octanol–water partition coefficient (Wildman–Crippen LogP) is 3.36. The van der Waals surface area contributed by atoms with E-state index in [1.807, 2.05) is 18.2 Å². The van der Waals surface area contributed by atoms with Gasteiger partial charge in [-0.3, -0.25) is 4.79 Å². The lowest BCUT2D eigenvalue weighted by atomic mass is 9.99. The van der Waals surface area contributed by atoms with E-state index in [2.05, 4.69) is 16.7 Å². The van der Waals surface area contributed by atoms with Crippen LogP contribution in [0.1, 0.15) is 38.5 Å². The van der Waals surface area contributed by atoms with Gasteiger partial charge in [0.2, 0.25) is 0 Å². The van der Waals surface area contributed by atoms with Crippen LogP contribution in [0.2, 0.25) is 0 Å². The van der Waals surface area contributed by atoms with Gasteiger partial charge in [0.25, 0.3) is 5.91 Å². The maximum atomic E-state index is 12.5. The van der Waals surface area contributed by atoms with E-state index in [0.717, 1.165) is 47.8 Å². The first-order chi connectivity index (χ1) is 11.3. The summed E-state index contributed by atoms with van der Waals surface area (Å²) >= 11 is 1.65. The van der Waals surface area contributed by atoms with Gasteiger partial charge in [0.1, 0.15) is 12.4 Å². The molecule has 0 saturated carbocycles. The van der Waals surface area contributed by atoms with Crippen molar-refractivity contribution in [3.05, 3.63) is 45.1 Å². The van der Waals surface area contributed by atoms with Crippen LogP contribution < -0.4 is 15.4 Å². The van der Waals surface area contributed by atoms with Gasteiger partial charge in [-0.1, -0.05) is 0 Å². The lowest BCUT2D eigenvalue weighted by Crippen LogP contribution is -2.16. The molecule has 1 aliphatic heterocycles. The van der Waals surface area contributed by atoms with Gasteiger partial charge in [0.05, 0.1) is 4.88 Å². The number of ether oxygens (including phenoxy) is 1. The van der Waals surface area contributed by atoms with E-state index >= 15 is 0 Å². The van der Waals surface area contributed by atoms with Crippen molar-refractivity contribution in [3.63, 3.8) is 0 Å². The standard InChI is InChI=1S/C18H20N2O2S/c21-18(17-10-12-3-1-2-4-16(12)23-17)20-14-5-6-15-13(9-14)11-19-7-8-22-15/h5-6,9-10,19H,1-4,7-8,11H2,(H,20,21). The molecule has 1 aromatic heterocycles. The van der Waals surface area contributed by atoms with Crippen LogP contribution in [-0.2, 0) is 19.4 Å². The van der Waals surface area contributed by atoms with E-state index in [-0.39, 0.29) is 5.91 Å². The Kier molecular flexibility index (Phi) is 4.06. The zero-order valence-electron chi connectivity index (χ0n) is 13.0. The molecule has 0 radical (unpaired) electrons. The summed E-state index contributed by atoms with van der Waals surface area (Å²) in [7, 11) is 0. The Bertz CT molecular complexity index is 715. The molecule has 120 valence electrons. The van der Waals surface area contributed by atoms with E-state index in [1.54, 1.807) is 11.3 Å². The van der Waals surface area contributed by atoms with Crippen LogP contribution in [-0.4, -0.2) is 19.1 Å². The molecular formula is C18H20N2O2S. The van der Waals surface area contributed by atoms with Gasteiger partial charge in [-0.25, -0.2) is 0 Å². The molecule has 0 saturated heterocycles. The largest absolute Gasteiger partial charge is 0.492 e. The summed E-state index contributed by atoms with van der Waals surface area (Å²) < 4.78 is 5.68. The quantitative estimate of drug-likeness (QED) is 0.889. The lowest BCUT2D eigenvalue weighted by molar-refractivity contribution is 0.103. The Labute approximate surface area is 139 Å². The van der Waals surface area contributed by atoms with Crippen molar-refractivity contribution in [2.75, 3.05) is 18.5 Å². The zero-order valence-corrected chi connectivity index (χ0v) is 13.8. The Morgan fingerprint density at radius 3 is 3.00 bits per heavy atom. The number of carbonyl (C=O) groups is 1. The van der Waals surface area contributed by atoms with E-state index in [0.29, 0.717) is 6.61 Å². The zero-order chi connectivity index (χ0) is 15.6. The number of amides is 1. The predicted molar refractivity (Wildman–Crippen MR) is 92.6 cm³/mol. The molecule has 0 unspecified atom stereocenters. The lowest BCUT2D eigenvalue weighted by Gasteiger charge is -2.09. The Hall–Kier alpha value is -1.85. The van der Waals surface area contributed by atoms with Crippen molar-refractivity contribution in [2.24, 2.45) is 0 Å². The average Bonchev–Trinajstić information content (AvgIpc) is 2.87. The number of carbonyl (C=O) groups excluding carboxylic acids is 1.